The van der Waals surface area contributed by atoms with Crippen molar-refractivity contribution in [3.8, 4) is 0 Å². The minimum atomic E-state index is -0.781. The van der Waals surface area contributed by atoms with Crippen LogP contribution >= 0.6 is 0 Å². The second-order valence-corrected chi connectivity index (χ2v) is 14.3. The quantitative estimate of drug-likeness (QED) is 0.0272. The van der Waals surface area contributed by atoms with Crippen molar-refractivity contribution in [2.24, 2.45) is 0 Å². The Labute approximate surface area is 320 Å². The zero-order valence-electron chi connectivity index (χ0n) is 34.1. The van der Waals surface area contributed by atoms with Gasteiger partial charge in [0.15, 0.2) is 6.10 Å². The van der Waals surface area contributed by atoms with Gasteiger partial charge in [0.2, 0.25) is 0 Å². The van der Waals surface area contributed by atoms with Crippen LogP contribution in [0.1, 0.15) is 207 Å². The van der Waals surface area contributed by atoms with Crippen molar-refractivity contribution in [3.63, 3.8) is 0 Å². The summed E-state index contributed by atoms with van der Waals surface area (Å²) in [5, 5.41) is 0. The molecule has 0 bridgehead atoms. The summed E-state index contributed by atoms with van der Waals surface area (Å²) in [6.07, 6.45) is 46.6. The Morgan fingerprint density at radius 2 is 0.750 bits per heavy atom. The molecule has 0 aromatic heterocycles. The molecule has 0 aliphatic carbocycles. The maximum Gasteiger partial charge on any atom is 0.306 e. The summed E-state index contributed by atoms with van der Waals surface area (Å²) < 4.78 is 16.6. The fourth-order valence-electron chi connectivity index (χ4n) is 5.92. The Bertz CT molecular complexity index is 933. The first-order chi connectivity index (χ1) is 25.5. The normalized spacial score (nSPS) is 12.4. The Morgan fingerprint density at radius 3 is 1.17 bits per heavy atom. The van der Waals surface area contributed by atoms with E-state index in [1.54, 1.807) is 0 Å². The van der Waals surface area contributed by atoms with E-state index in [4.69, 9.17) is 14.2 Å². The minimum absolute atomic E-state index is 0.0836. The molecule has 6 heteroatoms. The number of carbonyl (C=O) groups is 3. The number of ether oxygens (including phenoxy) is 3. The fraction of sp³-hybridized carbons (Fsp3) is 0.761. The maximum absolute atomic E-state index is 12.7. The van der Waals surface area contributed by atoms with Crippen LogP contribution < -0.4 is 0 Å². The lowest BCUT2D eigenvalue weighted by atomic mass is 10.0. The monoisotopic (exact) mass is 729 g/mol. The van der Waals surface area contributed by atoms with Gasteiger partial charge in [0, 0.05) is 19.3 Å². The van der Waals surface area contributed by atoms with Crippen LogP contribution in [0.2, 0.25) is 0 Å². The molecule has 52 heavy (non-hydrogen) atoms. The van der Waals surface area contributed by atoms with Crippen LogP contribution in [-0.4, -0.2) is 37.2 Å². The highest BCUT2D eigenvalue weighted by Crippen LogP contribution is 2.14. The average Bonchev–Trinajstić information content (AvgIpc) is 3.14. The summed E-state index contributed by atoms with van der Waals surface area (Å²) in [6.45, 7) is 6.42. The number of carbonyl (C=O) groups excluding carboxylic acids is 3. The smallest absolute Gasteiger partial charge is 0.306 e. The van der Waals surface area contributed by atoms with E-state index in [0.29, 0.717) is 19.3 Å². The molecule has 0 radical (unpaired) electrons. The Balaban J connectivity index is 4.43. The molecule has 0 rings (SSSR count). The molecule has 0 fully saturated rings. The van der Waals surface area contributed by atoms with E-state index in [2.05, 4.69) is 32.9 Å². The number of allylic oxidation sites excluding steroid dienone is 8. The van der Waals surface area contributed by atoms with Crippen molar-refractivity contribution in [3.05, 3.63) is 48.6 Å². The van der Waals surface area contributed by atoms with Crippen LogP contribution in [0.25, 0.3) is 0 Å². The summed E-state index contributed by atoms with van der Waals surface area (Å²) in [5.41, 5.74) is 0. The first-order valence-electron chi connectivity index (χ1n) is 21.7. The molecule has 0 saturated carbocycles. The summed E-state index contributed by atoms with van der Waals surface area (Å²) in [4.78, 5) is 37.6. The van der Waals surface area contributed by atoms with Crippen molar-refractivity contribution in [2.75, 3.05) is 13.2 Å². The van der Waals surface area contributed by atoms with E-state index in [1.165, 1.54) is 96.3 Å². The van der Waals surface area contributed by atoms with Crippen molar-refractivity contribution in [1.82, 2.24) is 0 Å². The number of rotatable bonds is 38. The lowest BCUT2D eigenvalue weighted by Crippen LogP contribution is -2.30. The molecule has 0 amide bonds. The number of hydrogen-bond acceptors (Lipinski definition) is 6. The number of hydrogen-bond donors (Lipinski definition) is 0. The van der Waals surface area contributed by atoms with E-state index >= 15 is 0 Å². The average molecular weight is 729 g/mol. The molecule has 0 heterocycles. The molecule has 0 aromatic rings. The van der Waals surface area contributed by atoms with Gasteiger partial charge >= 0.3 is 17.9 Å². The summed E-state index contributed by atoms with van der Waals surface area (Å²) >= 11 is 0. The number of unbranched alkanes of at least 4 members (excludes halogenated alkanes) is 22. The van der Waals surface area contributed by atoms with Gasteiger partial charge in [-0.3, -0.25) is 14.4 Å². The lowest BCUT2D eigenvalue weighted by molar-refractivity contribution is -0.167. The highest BCUT2D eigenvalue weighted by atomic mass is 16.6. The molecule has 6 nitrogen and oxygen atoms in total. The van der Waals surface area contributed by atoms with Gasteiger partial charge in [-0.1, -0.05) is 198 Å². The van der Waals surface area contributed by atoms with E-state index in [0.717, 1.165) is 70.6 Å². The van der Waals surface area contributed by atoms with Crippen LogP contribution in [0, 0.1) is 0 Å². The van der Waals surface area contributed by atoms with Gasteiger partial charge in [-0.2, -0.15) is 0 Å². The molecule has 300 valence electrons. The minimum Gasteiger partial charge on any atom is -0.462 e. The molecule has 0 aromatic carbocycles. The summed E-state index contributed by atoms with van der Waals surface area (Å²) in [5.74, 6) is -0.929. The van der Waals surface area contributed by atoms with Crippen LogP contribution in [0.4, 0.5) is 0 Å². The van der Waals surface area contributed by atoms with Crippen molar-refractivity contribution < 1.29 is 28.6 Å². The molecule has 0 N–H and O–H groups in total. The van der Waals surface area contributed by atoms with Crippen molar-refractivity contribution in [1.29, 1.82) is 0 Å². The van der Waals surface area contributed by atoms with Crippen LogP contribution in [0.3, 0.4) is 0 Å². The van der Waals surface area contributed by atoms with E-state index < -0.39 is 6.10 Å². The number of esters is 3. The highest BCUT2D eigenvalue weighted by Gasteiger charge is 2.19. The fourth-order valence-corrected chi connectivity index (χ4v) is 5.92. The predicted molar refractivity (Wildman–Crippen MR) is 219 cm³/mol. The zero-order chi connectivity index (χ0) is 38.0. The maximum atomic E-state index is 12.7. The third-order valence-corrected chi connectivity index (χ3v) is 9.19. The van der Waals surface area contributed by atoms with Gasteiger partial charge in [0.25, 0.3) is 0 Å². The topological polar surface area (TPSA) is 78.9 Å². The lowest BCUT2D eigenvalue weighted by Gasteiger charge is -2.18. The molecule has 0 aliphatic heterocycles. The van der Waals surface area contributed by atoms with Crippen LogP contribution in [0.15, 0.2) is 48.6 Å². The Hall–Kier alpha value is -2.63. The second-order valence-electron chi connectivity index (χ2n) is 14.3. The van der Waals surface area contributed by atoms with Gasteiger partial charge in [-0.15, -0.1) is 0 Å². The molecular weight excluding hydrogens is 648 g/mol. The van der Waals surface area contributed by atoms with E-state index in [1.807, 2.05) is 36.5 Å². The second kappa shape index (κ2) is 41.1. The van der Waals surface area contributed by atoms with E-state index in [9.17, 15) is 14.4 Å². The van der Waals surface area contributed by atoms with Crippen LogP contribution in [-0.2, 0) is 28.6 Å². The first-order valence-corrected chi connectivity index (χ1v) is 21.7. The standard InChI is InChI=1S/C46H80O6/c1-4-7-10-13-16-19-21-23-25-27-30-33-36-39-45(48)51-42-43(41-50-44(47)38-35-32-29-26-18-15-12-9-6-3)52-46(49)40-37-34-31-28-24-22-20-17-14-11-8-5-2/h7,10,13,16,19,21,23,25,43H,4-6,8-9,11-12,14-15,17-18,20,22,24,26-42H2,1-3H3/b10-7-,16-13-,21-19-,25-23-. The molecule has 0 aliphatic rings. The molecule has 1 unspecified atom stereocenters. The molecule has 0 saturated heterocycles. The van der Waals surface area contributed by atoms with Gasteiger partial charge < -0.3 is 14.2 Å². The summed E-state index contributed by atoms with van der Waals surface area (Å²) in [7, 11) is 0. The molecule has 1 atom stereocenters. The van der Waals surface area contributed by atoms with Crippen LogP contribution in [0.5, 0.6) is 0 Å². The predicted octanol–water partition coefficient (Wildman–Crippen LogP) is 13.6. The summed E-state index contributed by atoms with van der Waals surface area (Å²) in [6, 6.07) is 0. The third kappa shape index (κ3) is 38.6. The largest absolute Gasteiger partial charge is 0.462 e. The SMILES string of the molecule is CC\C=C/C=C\C=C/C=C\CCCCCC(=O)OCC(COC(=O)CCCCCCCCCCC)OC(=O)CCCCCCCCCCCCCC. The van der Waals surface area contributed by atoms with Gasteiger partial charge in [-0.25, -0.2) is 0 Å². The Kier molecular flexibility index (Phi) is 39.1. The molecule has 0 spiro atoms. The molecular formula is C46H80O6. The zero-order valence-corrected chi connectivity index (χ0v) is 34.1. The van der Waals surface area contributed by atoms with E-state index in [-0.39, 0.29) is 31.1 Å². The van der Waals surface area contributed by atoms with Crippen molar-refractivity contribution >= 4 is 17.9 Å². The highest BCUT2D eigenvalue weighted by molar-refractivity contribution is 5.71. The van der Waals surface area contributed by atoms with Crippen molar-refractivity contribution in [2.45, 2.75) is 213 Å². The van der Waals surface area contributed by atoms with Gasteiger partial charge in [-0.05, 0) is 38.5 Å². The van der Waals surface area contributed by atoms with Gasteiger partial charge in [0.05, 0.1) is 0 Å². The van der Waals surface area contributed by atoms with Gasteiger partial charge in [0.1, 0.15) is 13.2 Å². The third-order valence-electron chi connectivity index (χ3n) is 9.19. The first kappa shape index (κ1) is 49.4. The Morgan fingerprint density at radius 1 is 0.404 bits per heavy atom.